The van der Waals surface area contributed by atoms with Gasteiger partial charge in [-0.25, -0.2) is 0 Å². The molecule has 17 heteroatoms. The van der Waals surface area contributed by atoms with E-state index in [1.54, 1.807) is 27.4 Å². The molecule has 318 valence electrons. The summed E-state index contributed by atoms with van der Waals surface area (Å²) in [6.07, 6.45) is -1.61. The zero-order chi connectivity index (χ0) is 39.5. The van der Waals surface area contributed by atoms with Gasteiger partial charge in [0.2, 0.25) is 0 Å². The van der Waals surface area contributed by atoms with Crippen LogP contribution in [0.1, 0.15) is 27.7 Å². The first-order valence-electron chi connectivity index (χ1n) is 18.8. The van der Waals surface area contributed by atoms with Crippen molar-refractivity contribution in [2.24, 2.45) is 0 Å². The molecule has 0 amide bonds. The lowest BCUT2D eigenvalue weighted by molar-refractivity contribution is -0.153. The molecule has 0 radical (unpaired) electrons. The van der Waals surface area contributed by atoms with E-state index in [4.69, 9.17) is 76.8 Å². The van der Waals surface area contributed by atoms with Crippen molar-refractivity contribution in [1.82, 2.24) is 0 Å². The van der Waals surface area contributed by atoms with Crippen LogP contribution in [0.5, 0.6) is 5.75 Å². The van der Waals surface area contributed by atoms with Gasteiger partial charge in [-0.3, -0.25) is 0 Å². The van der Waals surface area contributed by atoms with Gasteiger partial charge in [-0.15, -0.1) is 0 Å². The van der Waals surface area contributed by atoms with E-state index in [9.17, 15) is 0 Å². The first-order valence-corrected chi connectivity index (χ1v) is 18.8. The van der Waals surface area contributed by atoms with Crippen LogP contribution in [0.25, 0.3) is 0 Å². The van der Waals surface area contributed by atoms with Gasteiger partial charge in [0, 0.05) is 39.2 Å². The maximum atomic E-state index is 6.12. The Labute approximate surface area is 323 Å². The van der Waals surface area contributed by atoms with Crippen molar-refractivity contribution < 1.29 is 71.1 Å². The van der Waals surface area contributed by atoms with Gasteiger partial charge in [-0.2, -0.15) is 0 Å². The number of nitrogen functional groups attached to an aromatic ring is 1. The largest absolute Gasteiger partial charge is 0.495 e. The molecular weight excluding hydrogens is 712 g/mol. The van der Waals surface area contributed by atoms with Gasteiger partial charge in [0.15, 0.2) is 25.2 Å². The van der Waals surface area contributed by atoms with E-state index in [2.05, 4.69) is 4.90 Å². The molecule has 0 aliphatic carbocycles. The fraction of sp³-hybridized carbons (Fsp3) is 0.838. The summed E-state index contributed by atoms with van der Waals surface area (Å²) in [5.74, 6) is 0.557. The molecule has 0 spiro atoms. The van der Waals surface area contributed by atoms with Crippen LogP contribution in [0, 0.1) is 0 Å². The van der Waals surface area contributed by atoms with Crippen LogP contribution >= 0.6 is 0 Å². The maximum absolute atomic E-state index is 6.12. The predicted octanol–water partition coefficient (Wildman–Crippen LogP) is 2.96. The fourth-order valence-electron chi connectivity index (χ4n) is 4.46. The summed E-state index contributed by atoms with van der Waals surface area (Å²) in [6, 6.07) is 5.58. The number of anilines is 2. The zero-order valence-corrected chi connectivity index (χ0v) is 33.8. The number of benzene rings is 1. The summed E-state index contributed by atoms with van der Waals surface area (Å²) in [4.78, 5) is 2.06. The van der Waals surface area contributed by atoms with Crippen LogP contribution in [0.15, 0.2) is 18.2 Å². The third kappa shape index (κ3) is 26.8. The summed E-state index contributed by atoms with van der Waals surface area (Å²) in [5.41, 5.74) is 7.49. The molecule has 17 nitrogen and oxygen atoms in total. The van der Waals surface area contributed by atoms with Crippen molar-refractivity contribution >= 4 is 11.4 Å². The van der Waals surface area contributed by atoms with E-state index in [0.717, 1.165) is 5.69 Å². The van der Waals surface area contributed by atoms with E-state index in [1.165, 1.54) is 0 Å². The number of hydrogen-bond acceptors (Lipinski definition) is 17. The van der Waals surface area contributed by atoms with Crippen LogP contribution in [0.2, 0.25) is 0 Å². The molecule has 2 N–H and O–H groups in total. The molecule has 4 atom stereocenters. The highest BCUT2D eigenvalue weighted by Crippen LogP contribution is 2.28. The van der Waals surface area contributed by atoms with Crippen molar-refractivity contribution in [2.75, 3.05) is 164 Å². The average Bonchev–Trinajstić information content (AvgIpc) is 3.17. The van der Waals surface area contributed by atoms with Gasteiger partial charge in [-0.1, -0.05) is 0 Å². The third-order valence-electron chi connectivity index (χ3n) is 7.40. The Morgan fingerprint density at radius 3 is 1.19 bits per heavy atom. The Morgan fingerprint density at radius 1 is 0.500 bits per heavy atom. The van der Waals surface area contributed by atoms with Gasteiger partial charge in [0.25, 0.3) is 0 Å². The monoisotopic (exact) mass is 782 g/mol. The summed E-state index contributed by atoms with van der Waals surface area (Å²) in [7, 11) is 4.78. The van der Waals surface area contributed by atoms with Crippen molar-refractivity contribution in [2.45, 2.75) is 52.9 Å². The zero-order valence-electron chi connectivity index (χ0n) is 33.8. The van der Waals surface area contributed by atoms with Gasteiger partial charge >= 0.3 is 0 Å². The van der Waals surface area contributed by atoms with E-state index in [1.807, 2.05) is 39.8 Å². The Balaban J connectivity index is 2.49. The number of rotatable bonds is 40. The highest BCUT2D eigenvalue weighted by molar-refractivity contribution is 5.62. The van der Waals surface area contributed by atoms with E-state index >= 15 is 0 Å². The van der Waals surface area contributed by atoms with Crippen LogP contribution in [-0.4, -0.2) is 179 Å². The minimum atomic E-state index is -0.560. The summed E-state index contributed by atoms with van der Waals surface area (Å²) in [5, 5.41) is 0. The number of nitrogens with zero attached hydrogens (tertiary/aromatic N) is 1. The van der Waals surface area contributed by atoms with Crippen LogP contribution in [0.4, 0.5) is 11.4 Å². The Hall–Kier alpha value is -1.94. The van der Waals surface area contributed by atoms with Crippen molar-refractivity contribution in [3.63, 3.8) is 0 Å². The number of nitrogens with two attached hydrogens (primary N) is 1. The third-order valence-corrected chi connectivity index (χ3v) is 7.40. The molecule has 1 rings (SSSR count). The quantitative estimate of drug-likeness (QED) is 0.0586. The molecule has 0 bridgehead atoms. The molecule has 0 aliphatic heterocycles. The lowest BCUT2D eigenvalue weighted by Gasteiger charge is -2.32. The van der Waals surface area contributed by atoms with Crippen molar-refractivity contribution in [3.05, 3.63) is 18.2 Å². The molecule has 1 aromatic carbocycles. The number of ether oxygens (including phenoxy) is 15. The molecular formula is C37H70N2O15. The Morgan fingerprint density at radius 2 is 0.852 bits per heavy atom. The minimum Gasteiger partial charge on any atom is -0.495 e. The highest BCUT2D eigenvalue weighted by Gasteiger charge is 2.22. The smallest absolute Gasteiger partial charge is 0.174 e. The standard InChI is InChI=1S/C37H70N2O15/c1-8-49-36(53-26-22-47-18-14-43-12-16-45-20-24-51-31(3)40-5)29-39(33-10-11-34(38)35(28-33)42-7)30-37(50-9-2)54-27-23-48-19-15-44-13-17-46-21-25-52-32(4)41-6/h10-11,28,31-32,36-37H,8-9,12-27,29-30,38H2,1-7H3. The van der Waals surface area contributed by atoms with E-state index in [-0.39, 0.29) is 12.6 Å². The van der Waals surface area contributed by atoms with Crippen molar-refractivity contribution in [3.8, 4) is 5.75 Å². The second-order valence-corrected chi connectivity index (χ2v) is 11.4. The second-order valence-electron chi connectivity index (χ2n) is 11.4. The average molecular weight is 783 g/mol. The molecule has 4 unspecified atom stereocenters. The summed E-state index contributed by atoms with van der Waals surface area (Å²) in [6.45, 7) is 16.1. The first kappa shape index (κ1) is 50.1. The minimum absolute atomic E-state index is 0.247. The van der Waals surface area contributed by atoms with Crippen LogP contribution < -0.4 is 15.4 Å². The predicted molar refractivity (Wildman–Crippen MR) is 202 cm³/mol. The topological polar surface area (TPSA) is 168 Å². The molecule has 0 heterocycles. The van der Waals surface area contributed by atoms with Gasteiger partial charge in [0.1, 0.15) is 5.75 Å². The Kier molecular flexibility index (Phi) is 32.9. The van der Waals surface area contributed by atoms with E-state index in [0.29, 0.717) is 143 Å². The SMILES string of the molecule is CCOC(CN(CC(OCC)OCCOCCOCCOCCOC(C)OC)c1ccc(N)c(OC)c1)OCCOCCOCCOCCOC(C)OC. The highest BCUT2D eigenvalue weighted by atomic mass is 16.7. The number of methoxy groups -OCH3 is 3. The molecule has 0 saturated heterocycles. The summed E-state index contributed by atoms with van der Waals surface area (Å²) >= 11 is 0. The second kappa shape index (κ2) is 35.5. The van der Waals surface area contributed by atoms with Crippen LogP contribution in [-0.2, 0) is 66.3 Å². The Bertz CT molecular complexity index is 922. The molecule has 0 aromatic heterocycles. The van der Waals surface area contributed by atoms with Crippen molar-refractivity contribution in [1.29, 1.82) is 0 Å². The van der Waals surface area contributed by atoms with Gasteiger partial charge in [-0.05, 0) is 39.8 Å². The first-order chi connectivity index (χ1) is 26.4. The molecule has 1 aromatic rings. The van der Waals surface area contributed by atoms with E-state index < -0.39 is 12.6 Å². The molecule has 0 saturated carbocycles. The molecule has 0 aliphatic rings. The van der Waals surface area contributed by atoms with Crippen LogP contribution in [0.3, 0.4) is 0 Å². The normalized spacial score (nSPS) is 13.9. The lowest BCUT2D eigenvalue weighted by Crippen LogP contribution is -2.42. The fourth-order valence-corrected chi connectivity index (χ4v) is 4.46. The summed E-state index contributed by atoms with van der Waals surface area (Å²) < 4.78 is 83.9. The molecule has 54 heavy (non-hydrogen) atoms. The maximum Gasteiger partial charge on any atom is 0.174 e. The van der Waals surface area contributed by atoms with Gasteiger partial charge in [0.05, 0.1) is 132 Å². The molecule has 0 fully saturated rings. The van der Waals surface area contributed by atoms with Gasteiger partial charge < -0.3 is 81.7 Å². The lowest BCUT2D eigenvalue weighted by atomic mass is 10.2. The number of hydrogen-bond donors (Lipinski definition) is 1.